The minimum absolute atomic E-state index is 0.00462. The third kappa shape index (κ3) is 5.26. The van der Waals surface area contributed by atoms with Crippen LogP contribution in [-0.4, -0.2) is 45.1 Å². The summed E-state index contributed by atoms with van der Waals surface area (Å²) in [4.78, 5) is 31.3. The number of rotatable bonds is 5. The van der Waals surface area contributed by atoms with Crippen LogP contribution in [-0.2, 0) is 11.3 Å². The Bertz CT molecular complexity index is 1260. The van der Waals surface area contributed by atoms with Gasteiger partial charge in [-0.25, -0.2) is 13.8 Å². The molecule has 2 aliphatic rings. The van der Waals surface area contributed by atoms with Gasteiger partial charge in [-0.15, -0.1) is 0 Å². The zero-order valence-corrected chi connectivity index (χ0v) is 19.4. The first-order valence-corrected chi connectivity index (χ1v) is 12.0. The molecule has 0 spiro atoms. The summed E-state index contributed by atoms with van der Waals surface area (Å²) < 4.78 is 28.7. The number of alkyl halides is 2. The van der Waals surface area contributed by atoms with Crippen LogP contribution < -0.4 is 5.32 Å². The van der Waals surface area contributed by atoms with Crippen molar-refractivity contribution in [1.82, 2.24) is 19.6 Å². The summed E-state index contributed by atoms with van der Waals surface area (Å²) in [6.07, 6.45) is 8.41. The molecule has 0 unspecified atom stereocenters. The fourth-order valence-corrected chi connectivity index (χ4v) is 4.87. The van der Waals surface area contributed by atoms with E-state index in [1.807, 2.05) is 59.3 Å². The number of imidazole rings is 1. The molecule has 5 rings (SSSR count). The fourth-order valence-electron chi connectivity index (χ4n) is 4.87. The quantitative estimate of drug-likeness (QED) is 0.578. The van der Waals surface area contributed by atoms with Crippen LogP contribution in [0.3, 0.4) is 0 Å². The van der Waals surface area contributed by atoms with Gasteiger partial charge in [0.2, 0.25) is 11.8 Å². The largest absolute Gasteiger partial charge is 0.348 e. The molecule has 1 saturated carbocycles. The second-order valence-corrected chi connectivity index (χ2v) is 9.38. The Kier molecular flexibility index (Phi) is 6.36. The number of hydrogen-bond acceptors (Lipinski definition) is 3. The summed E-state index contributed by atoms with van der Waals surface area (Å²) in [6, 6.07) is 11.3. The highest BCUT2D eigenvalue weighted by atomic mass is 19.3. The van der Waals surface area contributed by atoms with Gasteiger partial charge in [0.1, 0.15) is 5.65 Å². The topological polar surface area (TPSA) is 66.7 Å². The standard InChI is InChI=1S/C27H28F2N4O2/c28-27(29)11-7-23(8-12-27)26(35)32-14-9-21(10-15-32)20-2-4-22(5-3-20)25(34)31-17-19-1-6-24-30-13-16-33(24)18-19/h1-6,9,13,16,18,23H,7-8,10-12,14-15,17H2,(H,31,34). The Morgan fingerprint density at radius 3 is 2.57 bits per heavy atom. The van der Waals surface area contributed by atoms with Gasteiger partial charge in [0.25, 0.3) is 5.91 Å². The number of benzene rings is 1. The van der Waals surface area contributed by atoms with Gasteiger partial charge in [-0.3, -0.25) is 9.59 Å². The molecule has 2 amide bonds. The Labute approximate surface area is 202 Å². The number of nitrogens with zero attached hydrogens (tertiary/aromatic N) is 3. The molecule has 1 fully saturated rings. The van der Waals surface area contributed by atoms with Crippen molar-refractivity contribution in [1.29, 1.82) is 0 Å². The molecule has 2 aromatic heterocycles. The molecule has 6 nitrogen and oxygen atoms in total. The average molecular weight is 479 g/mol. The van der Waals surface area contributed by atoms with Gasteiger partial charge in [-0.05, 0) is 54.2 Å². The first-order chi connectivity index (χ1) is 16.9. The lowest BCUT2D eigenvalue weighted by molar-refractivity contribution is -0.139. The van der Waals surface area contributed by atoms with Crippen molar-refractivity contribution in [3.63, 3.8) is 0 Å². The minimum atomic E-state index is -2.62. The lowest BCUT2D eigenvalue weighted by Crippen LogP contribution is -2.41. The highest BCUT2D eigenvalue weighted by molar-refractivity contribution is 5.94. The van der Waals surface area contributed by atoms with Crippen LogP contribution in [0.4, 0.5) is 8.78 Å². The average Bonchev–Trinajstić information content (AvgIpc) is 3.35. The van der Waals surface area contributed by atoms with Crippen molar-refractivity contribution in [2.75, 3.05) is 13.1 Å². The molecule has 1 aromatic carbocycles. The van der Waals surface area contributed by atoms with Crippen LogP contribution in [0.2, 0.25) is 0 Å². The highest BCUT2D eigenvalue weighted by Crippen LogP contribution is 2.37. The van der Waals surface area contributed by atoms with Crippen LogP contribution in [0.15, 0.2) is 61.1 Å². The summed E-state index contributed by atoms with van der Waals surface area (Å²) in [5, 5.41) is 2.95. The molecule has 35 heavy (non-hydrogen) atoms. The van der Waals surface area contributed by atoms with E-state index in [2.05, 4.69) is 10.3 Å². The fraction of sp³-hybridized carbons (Fsp3) is 0.370. The van der Waals surface area contributed by atoms with Gasteiger partial charge >= 0.3 is 0 Å². The molecule has 0 saturated heterocycles. The van der Waals surface area contributed by atoms with E-state index in [9.17, 15) is 18.4 Å². The van der Waals surface area contributed by atoms with Crippen molar-refractivity contribution in [3.8, 4) is 0 Å². The van der Waals surface area contributed by atoms with Crippen molar-refractivity contribution < 1.29 is 18.4 Å². The Hall–Kier alpha value is -3.55. The van der Waals surface area contributed by atoms with Gasteiger partial charge in [-0.1, -0.05) is 24.3 Å². The van der Waals surface area contributed by atoms with Gasteiger partial charge < -0.3 is 14.6 Å². The number of aromatic nitrogens is 2. The van der Waals surface area contributed by atoms with Gasteiger partial charge in [-0.2, -0.15) is 0 Å². The SMILES string of the molecule is O=C(NCc1ccc2nccn2c1)c1ccc(C2=CCN(C(=O)C3CCC(F)(F)CC3)CC2)cc1. The van der Waals surface area contributed by atoms with E-state index < -0.39 is 5.92 Å². The van der Waals surface area contributed by atoms with Crippen molar-refractivity contribution in [3.05, 3.63) is 77.8 Å². The van der Waals surface area contributed by atoms with Crippen LogP contribution in [0.5, 0.6) is 0 Å². The maximum atomic E-state index is 13.4. The molecule has 1 aliphatic carbocycles. The highest BCUT2D eigenvalue weighted by Gasteiger charge is 2.38. The van der Waals surface area contributed by atoms with Crippen LogP contribution in [0, 0.1) is 5.92 Å². The predicted octanol–water partition coefficient (Wildman–Crippen LogP) is 4.71. The Morgan fingerprint density at radius 2 is 1.86 bits per heavy atom. The summed E-state index contributed by atoms with van der Waals surface area (Å²) in [5.74, 6) is -3.06. The molecule has 0 radical (unpaired) electrons. The Balaban J connectivity index is 1.14. The van der Waals surface area contributed by atoms with E-state index in [1.165, 1.54) is 0 Å². The zero-order chi connectivity index (χ0) is 24.4. The second kappa shape index (κ2) is 9.60. The summed E-state index contributed by atoms with van der Waals surface area (Å²) in [6.45, 7) is 1.49. The smallest absolute Gasteiger partial charge is 0.251 e. The van der Waals surface area contributed by atoms with Crippen LogP contribution in [0.25, 0.3) is 11.2 Å². The van der Waals surface area contributed by atoms with Crippen molar-refractivity contribution >= 4 is 23.0 Å². The molecule has 8 heteroatoms. The third-order valence-corrected chi connectivity index (χ3v) is 7.01. The maximum absolute atomic E-state index is 13.4. The Morgan fingerprint density at radius 1 is 1.09 bits per heavy atom. The van der Waals surface area contributed by atoms with Crippen LogP contribution in [0.1, 0.15) is 53.6 Å². The second-order valence-electron chi connectivity index (χ2n) is 9.38. The molecular formula is C27H28F2N4O2. The molecular weight excluding hydrogens is 450 g/mol. The number of carbonyl (C=O) groups is 2. The third-order valence-electron chi connectivity index (χ3n) is 7.01. The first kappa shape index (κ1) is 23.2. The lowest BCUT2D eigenvalue weighted by Gasteiger charge is -2.33. The predicted molar refractivity (Wildman–Crippen MR) is 129 cm³/mol. The first-order valence-electron chi connectivity index (χ1n) is 12.0. The normalized spacial score (nSPS) is 18.3. The van der Waals surface area contributed by atoms with E-state index in [0.29, 0.717) is 31.6 Å². The molecule has 0 atom stereocenters. The van der Waals surface area contributed by atoms with E-state index in [-0.39, 0.29) is 43.4 Å². The number of carbonyl (C=O) groups excluding carboxylic acids is 2. The molecule has 182 valence electrons. The number of nitrogens with one attached hydrogen (secondary N) is 1. The molecule has 0 bridgehead atoms. The molecule has 3 heterocycles. The monoisotopic (exact) mass is 478 g/mol. The minimum Gasteiger partial charge on any atom is -0.348 e. The number of fused-ring (bicyclic) bond motifs is 1. The lowest BCUT2D eigenvalue weighted by atomic mass is 9.85. The molecule has 3 aromatic rings. The van der Waals surface area contributed by atoms with Crippen molar-refractivity contribution in [2.24, 2.45) is 5.92 Å². The van der Waals surface area contributed by atoms with E-state index in [0.717, 1.165) is 22.3 Å². The molecule has 1 aliphatic heterocycles. The number of amides is 2. The van der Waals surface area contributed by atoms with E-state index in [1.54, 1.807) is 11.1 Å². The van der Waals surface area contributed by atoms with Gasteiger partial charge in [0, 0.05) is 62.5 Å². The molecule has 1 N–H and O–H groups in total. The number of hydrogen-bond donors (Lipinski definition) is 1. The van der Waals surface area contributed by atoms with Gasteiger partial charge in [0.15, 0.2) is 0 Å². The summed E-state index contributed by atoms with van der Waals surface area (Å²) in [5.41, 5.74) is 4.58. The van der Waals surface area contributed by atoms with E-state index >= 15 is 0 Å². The van der Waals surface area contributed by atoms with E-state index in [4.69, 9.17) is 0 Å². The van der Waals surface area contributed by atoms with Crippen LogP contribution >= 0.6 is 0 Å². The number of pyridine rings is 1. The van der Waals surface area contributed by atoms with Gasteiger partial charge in [0.05, 0.1) is 0 Å². The van der Waals surface area contributed by atoms with Crippen molar-refractivity contribution in [2.45, 2.75) is 44.6 Å². The zero-order valence-electron chi connectivity index (χ0n) is 19.4. The summed E-state index contributed by atoms with van der Waals surface area (Å²) in [7, 11) is 0. The number of halogens is 2. The summed E-state index contributed by atoms with van der Waals surface area (Å²) >= 11 is 0. The maximum Gasteiger partial charge on any atom is 0.251 e.